The molecule has 5 rings (SSSR count). The van der Waals surface area contributed by atoms with Gasteiger partial charge in [0.15, 0.2) is 11.5 Å². The van der Waals surface area contributed by atoms with Gasteiger partial charge in [0.05, 0.1) is 5.71 Å². The third-order valence-electron chi connectivity index (χ3n) is 8.32. The number of nitrogen functional groups attached to an aromatic ring is 1. The van der Waals surface area contributed by atoms with Crippen LogP contribution in [0, 0.1) is 5.92 Å². The molecule has 240 valence electrons. The minimum Gasteiger partial charge on any atom is -0.463 e. The number of aliphatic imine (C=N–C) groups is 1. The van der Waals surface area contributed by atoms with Crippen LogP contribution in [-0.2, 0) is 4.79 Å². The second kappa shape index (κ2) is 18.6. The van der Waals surface area contributed by atoms with Gasteiger partial charge in [-0.05, 0) is 63.4 Å². The molecule has 1 aromatic heterocycles. The lowest BCUT2D eigenvalue weighted by Gasteiger charge is -2.32. The number of carbonyl (C=O) groups is 1. The third-order valence-corrected chi connectivity index (χ3v) is 8.32. The monoisotopic (exact) mass is 595 g/mol. The number of ether oxygens (including phenoxy) is 1. The fourth-order valence-corrected chi connectivity index (χ4v) is 5.57. The predicted octanol–water partition coefficient (Wildman–Crippen LogP) is 7.86. The summed E-state index contributed by atoms with van der Waals surface area (Å²) in [6, 6.07) is 8.78. The number of fused-ring (bicyclic) bond motifs is 1. The molecule has 3 N–H and O–H groups in total. The fourth-order valence-electron chi connectivity index (χ4n) is 5.57. The number of aliphatic hydroxyl groups excluding tert-OH is 1. The van der Waals surface area contributed by atoms with Gasteiger partial charge in [0.25, 0.3) is 0 Å². The highest BCUT2D eigenvalue weighted by molar-refractivity contribution is 6.09. The first-order chi connectivity index (χ1) is 20.7. The molecule has 0 unspecified atom stereocenters. The lowest BCUT2D eigenvalue weighted by atomic mass is 9.83. The van der Waals surface area contributed by atoms with Crippen LogP contribution in [0.5, 0.6) is 5.88 Å². The number of nitrogens with zero attached hydrogens (tertiary/aromatic N) is 4. The molecule has 1 saturated heterocycles. The Kier molecular flexibility index (Phi) is 15.7. The maximum absolute atomic E-state index is 10.9. The Labute approximate surface area is 260 Å². The number of unbranched alkanes of at least 4 members (excludes halogenated alkanes) is 1. The summed E-state index contributed by atoms with van der Waals surface area (Å²) in [6.07, 6.45) is 13.7. The summed E-state index contributed by atoms with van der Waals surface area (Å²) < 4.78 is 6.05. The Balaban J connectivity index is 0.000000300. The Morgan fingerprint density at radius 3 is 2.14 bits per heavy atom. The SMILES string of the molecule is CC.CC(=O)N1CCC(CCO)CC1.CC1(C)Oc2ncnc(N)c2N=C1c1ccc(C2CCCCC2)cc1.CCCC. The quantitative estimate of drug-likeness (QED) is 0.364. The first-order valence-electron chi connectivity index (χ1n) is 16.5. The number of carbonyl (C=O) groups excluding carboxylic acids is 1. The normalized spacial score (nSPS) is 17.8. The summed E-state index contributed by atoms with van der Waals surface area (Å²) in [5.74, 6) is 2.30. The van der Waals surface area contributed by atoms with Crippen LogP contribution in [0.25, 0.3) is 0 Å². The zero-order valence-corrected chi connectivity index (χ0v) is 27.9. The van der Waals surface area contributed by atoms with Gasteiger partial charge in [0.2, 0.25) is 11.8 Å². The summed E-state index contributed by atoms with van der Waals surface area (Å²) >= 11 is 0. The molecule has 8 nitrogen and oxygen atoms in total. The number of nitrogens with two attached hydrogens (primary N) is 1. The first-order valence-corrected chi connectivity index (χ1v) is 16.5. The van der Waals surface area contributed by atoms with Crippen molar-refractivity contribution in [1.29, 1.82) is 0 Å². The van der Waals surface area contributed by atoms with Gasteiger partial charge in [-0.1, -0.05) is 84.1 Å². The first kappa shape index (κ1) is 36.2. The van der Waals surface area contributed by atoms with E-state index in [9.17, 15) is 4.79 Å². The highest BCUT2D eigenvalue weighted by atomic mass is 16.5. The number of benzene rings is 1. The van der Waals surface area contributed by atoms with Crippen molar-refractivity contribution in [2.45, 2.75) is 124 Å². The van der Waals surface area contributed by atoms with E-state index < -0.39 is 5.60 Å². The number of aromatic nitrogens is 2. The van der Waals surface area contributed by atoms with Crippen LogP contribution in [0.4, 0.5) is 11.5 Å². The maximum Gasteiger partial charge on any atom is 0.246 e. The van der Waals surface area contributed by atoms with E-state index in [-0.39, 0.29) is 12.5 Å². The molecule has 0 spiro atoms. The topological polar surface area (TPSA) is 114 Å². The molecule has 1 aliphatic carbocycles. The van der Waals surface area contributed by atoms with E-state index >= 15 is 0 Å². The molecule has 0 radical (unpaired) electrons. The van der Waals surface area contributed by atoms with Gasteiger partial charge in [-0.2, -0.15) is 4.98 Å². The van der Waals surface area contributed by atoms with Crippen molar-refractivity contribution < 1.29 is 14.6 Å². The molecular formula is C35H57N5O3. The van der Waals surface area contributed by atoms with Crippen LogP contribution in [0.3, 0.4) is 0 Å². The zero-order chi connectivity index (χ0) is 31.8. The van der Waals surface area contributed by atoms with Gasteiger partial charge < -0.3 is 20.5 Å². The van der Waals surface area contributed by atoms with Crippen LogP contribution < -0.4 is 10.5 Å². The van der Waals surface area contributed by atoms with Crippen LogP contribution in [-0.4, -0.2) is 56.9 Å². The molecule has 1 amide bonds. The molecule has 1 saturated carbocycles. The van der Waals surface area contributed by atoms with Crippen LogP contribution in [0.1, 0.15) is 130 Å². The molecule has 2 fully saturated rings. The third kappa shape index (κ3) is 10.9. The molecule has 0 bridgehead atoms. The van der Waals surface area contributed by atoms with Crippen LogP contribution in [0.15, 0.2) is 35.6 Å². The van der Waals surface area contributed by atoms with Crippen molar-refractivity contribution in [2.24, 2.45) is 10.9 Å². The lowest BCUT2D eigenvalue weighted by Crippen LogP contribution is -2.41. The standard InChI is InChI=1S/C20H24N4O.C9H17NO2.C4H10.C2H6/c1-20(2)17(24-16-18(21)22-12-23-19(16)25-20)15-10-8-14(9-11-15)13-6-4-3-5-7-13;1-8(12)10-5-2-9(3-6-10)4-7-11;1-3-4-2;1-2/h8-13H,3-7H2,1-2H3,(H2,21,22,23);9,11H,2-7H2,1H3;3-4H2,1-2H3;1-2H3. The largest absolute Gasteiger partial charge is 0.463 e. The Hall–Kier alpha value is -3.00. The summed E-state index contributed by atoms with van der Waals surface area (Å²) in [6.45, 7) is 16.0. The van der Waals surface area contributed by atoms with Gasteiger partial charge in [-0.25, -0.2) is 9.98 Å². The highest BCUT2D eigenvalue weighted by Gasteiger charge is 2.35. The van der Waals surface area contributed by atoms with Gasteiger partial charge in [-0.3, -0.25) is 4.79 Å². The van der Waals surface area contributed by atoms with Crippen molar-refractivity contribution in [2.75, 3.05) is 25.4 Å². The number of amides is 1. The number of likely N-dealkylation sites (tertiary alicyclic amines) is 1. The molecule has 8 heteroatoms. The minimum atomic E-state index is -0.569. The Morgan fingerprint density at radius 1 is 1.00 bits per heavy atom. The minimum absolute atomic E-state index is 0.178. The summed E-state index contributed by atoms with van der Waals surface area (Å²) in [5.41, 5.74) is 9.25. The summed E-state index contributed by atoms with van der Waals surface area (Å²) in [4.78, 5) is 25.8. The lowest BCUT2D eigenvalue weighted by molar-refractivity contribution is -0.130. The molecule has 3 heterocycles. The van der Waals surface area contributed by atoms with E-state index in [1.807, 2.05) is 32.6 Å². The van der Waals surface area contributed by atoms with E-state index in [4.69, 9.17) is 20.6 Å². The van der Waals surface area contributed by atoms with Gasteiger partial charge in [0.1, 0.15) is 11.9 Å². The van der Waals surface area contributed by atoms with Crippen molar-refractivity contribution in [1.82, 2.24) is 14.9 Å². The predicted molar refractivity (Wildman–Crippen MR) is 178 cm³/mol. The number of hydrogen-bond donors (Lipinski definition) is 2. The van der Waals surface area contributed by atoms with E-state index in [1.54, 1.807) is 6.92 Å². The van der Waals surface area contributed by atoms with Crippen molar-refractivity contribution >= 4 is 23.1 Å². The van der Waals surface area contributed by atoms with Gasteiger partial charge >= 0.3 is 0 Å². The zero-order valence-electron chi connectivity index (χ0n) is 27.9. The molecule has 43 heavy (non-hydrogen) atoms. The summed E-state index contributed by atoms with van der Waals surface area (Å²) in [7, 11) is 0. The second-order valence-electron chi connectivity index (χ2n) is 11.9. The highest BCUT2D eigenvalue weighted by Crippen LogP contribution is 2.39. The van der Waals surface area contributed by atoms with E-state index in [0.29, 0.717) is 29.2 Å². The van der Waals surface area contributed by atoms with Gasteiger partial charge in [0, 0.05) is 32.2 Å². The number of hydrogen-bond acceptors (Lipinski definition) is 7. The number of anilines is 1. The van der Waals surface area contributed by atoms with E-state index in [0.717, 1.165) is 43.6 Å². The number of piperidine rings is 1. The fraction of sp³-hybridized carbons (Fsp3) is 0.657. The van der Waals surface area contributed by atoms with E-state index in [1.165, 1.54) is 56.8 Å². The van der Waals surface area contributed by atoms with Gasteiger partial charge in [-0.15, -0.1) is 0 Å². The second-order valence-corrected chi connectivity index (χ2v) is 11.9. The van der Waals surface area contributed by atoms with E-state index in [2.05, 4.69) is 48.1 Å². The molecule has 2 aromatic rings. The number of aliphatic hydroxyl groups is 1. The van der Waals surface area contributed by atoms with Crippen LogP contribution in [0.2, 0.25) is 0 Å². The Morgan fingerprint density at radius 2 is 1.60 bits per heavy atom. The van der Waals surface area contributed by atoms with Crippen molar-refractivity contribution in [3.8, 4) is 5.88 Å². The van der Waals surface area contributed by atoms with Crippen molar-refractivity contribution in [3.05, 3.63) is 41.7 Å². The molecule has 1 aromatic carbocycles. The molecular weight excluding hydrogens is 538 g/mol. The summed E-state index contributed by atoms with van der Waals surface area (Å²) in [5, 5.41) is 8.71. The average molecular weight is 596 g/mol. The van der Waals surface area contributed by atoms with Crippen LogP contribution >= 0.6 is 0 Å². The Bertz CT molecular complexity index is 1120. The maximum atomic E-state index is 10.9. The van der Waals surface area contributed by atoms with Crippen molar-refractivity contribution in [3.63, 3.8) is 0 Å². The smallest absolute Gasteiger partial charge is 0.246 e. The number of rotatable bonds is 5. The molecule has 0 atom stereocenters. The molecule has 3 aliphatic rings. The molecule has 2 aliphatic heterocycles. The average Bonchev–Trinajstić information content (AvgIpc) is 3.03.